The zero-order valence-corrected chi connectivity index (χ0v) is 13.7. The van der Waals surface area contributed by atoms with Crippen molar-refractivity contribution in [1.29, 1.82) is 0 Å². The maximum atomic E-state index is 13.2. The number of carbonyl (C=O) groups is 2. The maximum Gasteiger partial charge on any atom is 0.195 e. The van der Waals surface area contributed by atoms with Gasteiger partial charge >= 0.3 is 0 Å². The Balaban J connectivity index is 1.97. The molecule has 0 aliphatic carbocycles. The first-order chi connectivity index (χ1) is 12.7. The summed E-state index contributed by atoms with van der Waals surface area (Å²) in [4.78, 5) is 36.0. The monoisotopic (exact) mass is 339 g/mol. The number of hydrogen-bond donors (Lipinski definition) is 0. The molecule has 0 aliphatic heterocycles. The second-order valence-corrected chi connectivity index (χ2v) is 5.97. The van der Waals surface area contributed by atoms with Crippen LogP contribution in [0, 0.1) is 4.91 Å². The first kappa shape index (κ1) is 15.8. The van der Waals surface area contributed by atoms with Gasteiger partial charge in [-0.2, -0.15) is 0 Å². The van der Waals surface area contributed by atoms with Crippen molar-refractivity contribution >= 4 is 39.3 Å². The largest absolute Gasteiger partial charge is 0.298 e. The van der Waals surface area contributed by atoms with Crippen LogP contribution in [0.5, 0.6) is 0 Å². The first-order valence-electron chi connectivity index (χ1n) is 8.11. The molecule has 4 nitrogen and oxygen atoms in total. The first-order valence-corrected chi connectivity index (χ1v) is 8.11. The molecule has 0 atom stereocenters. The molecule has 0 aromatic heterocycles. The summed E-state index contributed by atoms with van der Waals surface area (Å²) < 4.78 is 0. The van der Waals surface area contributed by atoms with Crippen LogP contribution in [-0.2, 0) is 0 Å². The number of nitrogens with zero attached hydrogens (tertiary/aromatic N) is 1. The molecular weight excluding hydrogens is 326 g/mol. The van der Waals surface area contributed by atoms with Crippen molar-refractivity contribution in [2.45, 2.75) is 0 Å². The Morgan fingerprint density at radius 3 is 2.12 bits per heavy atom. The lowest BCUT2D eigenvalue weighted by Gasteiger charge is -2.10. The summed E-state index contributed by atoms with van der Waals surface area (Å²) in [5.74, 6) is -0.293. The van der Waals surface area contributed by atoms with Gasteiger partial charge in [-0.05, 0) is 33.5 Å². The van der Waals surface area contributed by atoms with Crippen molar-refractivity contribution in [3.05, 3.63) is 94.4 Å². The molecular formula is C22H13NO3. The Hall–Kier alpha value is -3.66. The number of ketones is 1. The molecule has 4 aromatic carbocycles. The normalized spacial score (nSPS) is 10.8. The van der Waals surface area contributed by atoms with Crippen LogP contribution in [0.15, 0.2) is 78.0 Å². The topological polar surface area (TPSA) is 63.6 Å². The fourth-order valence-electron chi connectivity index (χ4n) is 3.30. The number of fused-ring (bicyclic) bond motifs is 2. The van der Waals surface area contributed by atoms with Crippen LogP contribution >= 0.6 is 0 Å². The Labute approximate surface area is 149 Å². The molecule has 0 fully saturated rings. The number of rotatable bonds is 4. The summed E-state index contributed by atoms with van der Waals surface area (Å²) in [7, 11) is 0. The third kappa shape index (κ3) is 2.40. The van der Waals surface area contributed by atoms with Crippen LogP contribution in [0.3, 0.4) is 0 Å². The molecule has 0 saturated heterocycles. The minimum atomic E-state index is -0.293. The molecule has 0 aliphatic rings. The van der Waals surface area contributed by atoms with Crippen LogP contribution in [0.2, 0.25) is 0 Å². The molecule has 0 bridgehead atoms. The molecule has 0 heterocycles. The van der Waals surface area contributed by atoms with Gasteiger partial charge in [-0.3, -0.25) is 9.59 Å². The molecule has 0 amide bonds. The number of nitroso groups, excluding NO2 is 1. The van der Waals surface area contributed by atoms with Crippen LogP contribution < -0.4 is 0 Å². The highest BCUT2D eigenvalue weighted by Gasteiger charge is 2.19. The van der Waals surface area contributed by atoms with Crippen molar-refractivity contribution in [3.63, 3.8) is 0 Å². The highest BCUT2D eigenvalue weighted by molar-refractivity contribution is 6.21. The molecule has 0 radical (unpaired) electrons. The molecule has 0 N–H and O–H groups in total. The average molecular weight is 339 g/mol. The number of carbonyl (C=O) groups excluding carboxylic acids is 2. The highest BCUT2D eigenvalue weighted by Crippen LogP contribution is 2.33. The average Bonchev–Trinajstić information content (AvgIpc) is 2.71. The summed E-state index contributed by atoms with van der Waals surface area (Å²) >= 11 is 0. The lowest BCUT2D eigenvalue weighted by atomic mass is 9.92. The van der Waals surface area contributed by atoms with Gasteiger partial charge in [-0.25, -0.2) is 0 Å². The Morgan fingerprint density at radius 2 is 1.38 bits per heavy atom. The zero-order valence-electron chi connectivity index (χ0n) is 13.7. The Kier molecular flexibility index (Phi) is 3.86. The van der Waals surface area contributed by atoms with Gasteiger partial charge in [0.25, 0.3) is 0 Å². The van der Waals surface area contributed by atoms with E-state index < -0.39 is 0 Å². The van der Waals surface area contributed by atoms with Gasteiger partial charge in [0.15, 0.2) is 12.1 Å². The number of benzene rings is 4. The molecule has 124 valence electrons. The number of hydrogen-bond acceptors (Lipinski definition) is 4. The molecule has 4 aromatic rings. The van der Waals surface area contributed by atoms with Crippen LogP contribution in [0.4, 0.5) is 5.69 Å². The quantitative estimate of drug-likeness (QED) is 0.283. The van der Waals surface area contributed by atoms with E-state index in [0.717, 1.165) is 11.7 Å². The van der Waals surface area contributed by atoms with Gasteiger partial charge in [0.1, 0.15) is 5.69 Å². The predicted octanol–water partition coefficient (Wildman–Crippen LogP) is 5.43. The fourth-order valence-corrected chi connectivity index (χ4v) is 3.30. The molecule has 0 saturated carbocycles. The van der Waals surface area contributed by atoms with Gasteiger partial charge in [0, 0.05) is 16.5 Å². The van der Waals surface area contributed by atoms with Crippen LogP contribution in [0.25, 0.3) is 21.5 Å². The summed E-state index contributed by atoms with van der Waals surface area (Å²) in [6, 6.07) is 21.2. The van der Waals surface area contributed by atoms with Crippen LogP contribution in [0.1, 0.15) is 26.3 Å². The second kappa shape index (κ2) is 6.33. The second-order valence-electron chi connectivity index (χ2n) is 5.97. The van der Waals surface area contributed by atoms with Crippen molar-refractivity contribution < 1.29 is 9.59 Å². The van der Waals surface area contributed by atoms with Crippen molar-refractivity contribution in [2.24, 2.45) is 5.18 Å². The Morgan fingerprint density at radius 1 is 0.731 bits per heavy atom. The van der Waals surface area contributed by atoms with Crippen molar-refractivity contribution in [3.8, 4) is 0 Å². The molecule has 4 rings (SSSR count). The van der Waals surface area contributed by atoms with Crippen molar-refractivity contribution in [1.82, 2.24) is 0 Å². The van der Waals surface area contributed by atoms with Gasteiger partial charge in [0.05, 0.1) is 5.56 Å². The lowest BCUT2D eigenvalue weighted by molar-refractivity contribution is 0.104. The van der Waals surface area contributed by atoms with E-state index in [1.807, 2.05) is 24.3 Å². The fraction of sp³-hybridized carbons (Fsp3) is 0. The van der Waals surface area contributed by atoms with Gasteiger partial charge in [0.2, 0.25) is 0 Å². The van der Waals surface area contributed by atoms with E-state index in [4.69, 9.17) is 0 Å². The van der Waals surface area contributed by atoms with Gasteiger partial charge < -0.3 is 0 Å². The van der Waals surface area contributed by atoms with Crippen LogP contribution in [-0.4, -0.2) is 12.1 Å². The minimum Gasteiger partial charge on any atom is -0.298 e. The van der Waals surface area contributed by atoms with E-state index in [-0.39, 0.29) is 17.0 Å². The molecule has 26 heavy (non-hydrogen) atoms. The SMILES string of the molecule is O=Cc1ccc(C(=O)c2ccc3ccccc3c2N=O)c2ccccc12. The summed E-state index contributed by atoms with van der Waals surface area (Å²) in [5.41, 5.74) is 1.34. The van der Waals surface area contributed by atoms with E-state index in [2.05, 4.69) is 5.18 Å². The Bertz CT molecular complexity index is 1190. The summed E-state index contributed by atoms with van der Waals surface area (Å²) in [6.45, 7) is 0. The van der Waals surface area contributed by atoms with Crippen molar-refractivity contribution in [2.75, 3.05) is 0 Å². The molecule has 0 spiro atoms. The van der Waals surface area contributed by atoms with E-state index in [9.17, 15) is 14.5 Å². The van der Waals surface area contributed by atoms with E-state index in [0.29, 0.717) is 27.3 Å². The third-order valence-corrected chi connectivity index (χ3v) is 4.57. The van der Waals surface area contributed by atoms with E-state index in [1.54, 1.807) is 48.5 Å². The number of aldehydes is 1. The summed E-state index contributed by atoms with van der Waals surface area (Å²) in [6.07, 6.45) is 0.769. The van der Waals surface area contributed by atoms with Gasteiger partial charge in [-0.15, -0.1) is 4.91 Å². The molecule has 0 unspecified atom stereocenters. The standard InChI is InChI=1S/C22H13NO3/c24-13-15-10-11-19(18-8-4-3-6-16(15)18)22(25)20-12-9-14-5-1-2-7-17(14)21(20)23-26/h1-13H. The summed E-state index contributed by atoms with van der Waals surface area (Å²) in [5, 5.41) is 6.00. The predicted molar refractivity (Wildman–Crippen MR) is 102 cm³/mol. The molecule has 4 heteroatoms. The van der Waals surface area contributed by atoms with E-state index in [1.165, 1.54) is 0 Å². The lowest BCUT2D eigenvalue weighted by Crippen LogP contribution is -2.04. The smallest absolute Gasteiger partial charge is 0.195 e. The third-order valence-electron chi connectivity index (χ3n) is 4.57. The highest BCUT2D eigenvalue weighted by atomic mass is 16.3. The minimum absolute atomic E-state index is 0.136. The maximum absolute atomic E-state index is 13.2. The zero-order chi connectivity index (χ0) is 18.1. The van der Waals surface area contributed by atoms with E-state index >= 15 is 0 Å². The van der Waals surface area contributed by atoms with Gasteiger partial charge in [-0.1, -0.05) is 60.7 Å².